The molecule has 1 aromatic rings. The van der Waals surface area contributed by atoms with Gasteiger partial charge in [0.1, 0.15) is 0 Å². The van der Waals surface area contributed by atoms with E-state index >= 15 is 0 Å². The second kappa shape index (κ2) is 7.21. The van der Waals surface area contributed by atoms with E-state index in [1.165, 1.54) is 6.92 Å². The van der Waals surface area contributed by atoms with Crippen LogP contribution in [0.5, 0.6) is 0 Å². The first-order valence-corrected chi connectivity index (χ1v) is 8.06. The molecule has 0 bridgehead atoms. The molecule has 0 saturated carbocycles. The Hall–Kier alpha value is -1.89. The molecular formula is C14H20N2O4S. The molecule has 3 unspecified atom stereocenters. The third-order valence-corrected chi connectivity index (χ3v) is 4.56. The molecule has 21 heavy (non-hydrogen) atoms. The van der Waals surface area contributed by atoms with Gasteiger partial charge in [0, 0.05) is 28.9 Å². The molecule has 2 amide bonds. The van der Waals surface area contributed by atoms with Crippen molar-refractivity contribution in [1.82, 2.24) is 10.6 Å². The number of benzene rings is 1. The molecule has 1 aromatic carbocycles. The fourth-order valence-corrected chi connectivity index (χ4v) is 1.96. The van der Waals surface area contributed by atoms with E-state index in [0.29, 0.717) is 5.56 Å². The highest BCUT2D eigenvalue weighted by molar-refractivity contribution is 7.84. The van der Waals surface area contributed by atoms with Crippen LogP contribution in [0.3, 0.4) is 0 Å². The zero-order chi connectivity index (χ0) is 16.0. The van der Waals surface area contributed by atoms with Crippen molar-refractivity contribution in [1.29, 1.82) is 0 Å². The van der Waals surface area contributed by atoms with Crippen molar-refractivity contribution >= 4 is 22.8 Å². The molecule has 0 aliphatic rings. The van der Waals surface area contributed by atoms with Gasteiger partial charge in [0.15, 0.2) is 5.54 Å². The Kier molecular flexibility index (Phi) is 5.90. The number of aliphatic carboxylic acids is 1. The fourth-order valence-electron chi connectivity index (χ4n) is 1.65. The molecule has 3 atom stereocenters. The van der Waals surface area contributed by atoms with E-state index in [4.69, 9.17) is 0 Å². The first kappa shape index (κ1) is 17.2. The third kappa shape index (κ3) is 4.56. The number of carboxylic acid groups (broad SMARTS) is 1. The number of nitrogens with one attached hydrogen (secondary N) is 2. The van der Waals surface area contributed by atoms with Crippen molar-refractivity contribution in [2.45, 2.75) is 24.6 Å². The summed E-state index contributed by atoms with van der Waals surface area (Å²) >= 11 is 0. The van der Waals surface area contributed by atoms with Crippen LogP contribution in [0.4, 0.5) is 4.79 Å². The van der Waals surface area contributed by atoms with Crippen LogP contribution in [0.2, 0.25) is 0 Å². The maximum Gasteiger partial charge on any atom is 0.333 e. The summed E-state index contributed by atoms with van der Waals surface area (Å²) in [6, 6.07) is 7.85. The van der Waals surface area contributed by atoms with Crippen LogP contribution < -0.4 is 10.6 Å². The minimum Gasteiger partial charge on any atom is -0.479 e. The molecular weight excluding hydrogens is 292 g/mol. The van der Waals surface area contributed by atoms with Gasteiger partial charge in [-0.3, -0.25) is 4.21 Å². The zero-order valence-corrected chi connectivity index (χ0v) is 13.1. The summed E-state index contributed by atoms with van der Waals surface area (Å²) in [4.78, 5) is 23.4. The van der Waals surface area contributed by atoms with Crippen molar-refractivity contribution in [3.05, 3.63) is 35.9 Å². The van der Waals surface area contributed by atoms with Crippen LogP contribution in [0, 0.1) is 0 Å². The van der Waals surface area contributed by atoms with Crippen molar-refractivity contribution in [2.75, 3.05) is 12.8 Å². The Bertz CT molecular complexity index is 535. The summed E-state index contributed by atoms with van der Waals surface area (Å²) < 4.78 is 11.2. The second-order valence-electron chi connectivity index (χ2n) is 4.94. The summed E-state index contributed by atoms with van der Waals surface area (Å²) in [5, 5.41) is 14.2. The summed E-state index contributed by atoms with van der Waals surface area (Å²) in [5.74, 6) is -1.16. The van der Waals surface area contributed by atoms with Gasteiger partial charge >= 0.3 is 12.0 Å². The van der Waals surface area contributed by atoms with E-state index in [1.807, 2.05) is 0 Å². The SMILES string of the molecule is CC(CNC(=O)NC(C)(C(=O)O)c1ccccc1)S(C)=O. The van der Waals surface area contributed by atoms with Crippen LogP contribution in [-0.4, -0.2) is 39.4 Å². The van der Waals surface area contributed by atoms with Crippen LogP contribution in [-0.2, 0) is 21.1 Å². The van der Waals surface area contributed by atoms with Gasteiger partial charge in [-0.15, -0.1) is 0 Å². The summed E-state index contributed by atoms with van der Waals surface area (Å²) in [5.41, 5.74) is -1.06. The lowest BCUT2D eigenvalue weighted by molar-refractivity contribution is -0.144. The van der Waals surface area contributed by atoms with Gasteiger partial charge in [-0.1, -0.05) is 30.3 Å². The number of amides is 2. The molecule has 0 radical (unpaired) electrons. The van der Waals surface area contributed by atoms with E-state index in [9.17, 15) is 18.9 Å². The van der Waals surface area contributed by atoms with Crippen molar-refractivity contribution in [3.63, 3.8) is 0 Å². The molecule has 0 spiro atoms. The van der Waals surface area contributed by atoms with Gasteiger partial charge in [-0.25, -0.2) is 9.59 Å². The van der Waals surface area contributed by atoms with E-state index in [0.717, 1.165) is 0 Å². The predicted molar refractivity (Wildman–Crippen MR) is 81.5 cm³/mol. The summed E-state index contributed by atoms with van der Waals surface area (Å²) in [7, 11) is -1.05. The van der Waals surface area contributed by atoms with Crippen molar-refractivity contribution < 1.29 is 18.9 Å². The quantitative estimate of drug-likeness (QED) is 0.731. The summed E-state index contributed by atoms with van der Waals surface area (Å²) in [6.07, 6.45) is 1.55. The Balaban J connectivity index is 2.78. The van der Waals surface area contributed by atoms with Crippen LogP contribution in [0.1, 0.15) is 19.4 Å². The van der Waals surface area contributed by atoms with Crippen LogP contribution in [0.15, 0.2) is 30.3 Å². The number of carbonyl (C=O) groups is 2. The van der Waals surface area contributed by atoms with Gasteiger partial charge in [0.25, 0.3) is 0 Å². The Morgan fingerprint density at radius 3 is 2.38 bits per heavy atom. The molecule has 1 rings (SSSR count). The van der Waals surface area contributed by atoms with E-state index in [1.54, 1.807) is 43.5 Å². The molecule has 0 aliphatic carbocycles. The van der Waals surface area contributed by atoms with E-state index < -0.39 is 28.3 Å². The summed E-state index contributed by atoms with van der Waals surface area (Å²) in [6.45, 7) is 3.37. The molecule has 0 aliphatic heterocycles. The normalized spacial score (nSPS) is 16.3. The lowest BCUT2D eigenvalue weighted by atomic mass is 9.92. The number of urea groups is 1. The fraction of sp³-hybridized carbons (Fsp3) is 0.429. The first-order valence-electron chi connectivity index (χ1n) is 6.44. The largest absolute Gasteiger partial charge is 0.479 e. The molecule has 6 nitrogen and oxygen atoms in total. The topological polar surface area (TPSA) is 95.5 Å². The standard InChI is InChI=1S/C14H20N2O4S/c1-10(21(3)20)9-15-13(19)16-14(2,12(17)18)11-7-5-4-6-8-11/h4-8,10H,9H2,1-3H3,(H,17,18)(H2,15,16,19). The van der Waals surface area contributed by atoms with Gasteiger partial charge in [-0.05, 0) is 19.4 Å². The zero-order valence-electron chi connectivity index (χ0n) is 12.3. The van der Waals surface area contributed by atoms with Gasteiger partial charge in [0.05, 0.1) is 0 Å². The lowest BCUT2D eigenvalue weighted by Gasteiger charge is -2.27. The van der Waals surface area contributed by atoms with E-state index in [2.05, 4.69) is 10.6 Å². The van der Waals surface area contributed by atoms with Crippen molar-refractivity contribution in [2.24, 2.45) is 0 Å². The number of carbonyl (C=O) groups excluding carboxylic acids is 1. The van der Waals surface area contributed by atoms with Gasteiger partial charge in [-0.2, -0.15) is 0 Å². The highest BCUT2D eigenvalue weighted by Gasteiger charge is 2.36. The van der Waals surface area contributed by atoms with Gasteiger partial charge in [0.2, 0.25) is 0 Å². The van der Waals surface area contributed by atoms with Crippen molar-refractivity contribution in [3.8, 4) is 0 Å². The highest BCUT2D eigenvalue weighted by atomic mass is 32.2. The van der Waals surface area contributed by atoms with E-state index in [-0.39, 0.29) is 11.8 Å². The smallest absolute Gasteiger partial charge is 0.333 e. The minimum atomic E-state index is -1.53. The maximum absolute atomic E-state index is 11.9. The Labute approximate surface area is 126 Å². The molecule has 0 fully saturated rings. The molecule has 3 N–H and O–H groups in total. The molecule has 116 valence electrons. The number of hydrogen-bond donors (Lipinski definition) is 3. The van der Waals surface area contributed by atoms with Crippen LogP contribution >= 0.6 is 0 Å². The Morgan fingerprint density at radius 2 is 1.90 bits per heavy atom. The molecule has 0 heterocycles. The molecule has 0 aromatic heterocycles. The predicted octanol–water partition coefficient (Wildman–Crippen LogP) is 1.05. The average Bonchev–Trinajstić information content (AvgIpc) is 2.45. The molecule has 0 saturated heterocycles. The number of rotatable bonds is 6. The first-order chi connectivity index (χ1) is 9.77. The maximum atomic E-state index is 11.9. The third-order valence-electron chi connectivity index (χ3n) is 3.26. The lowest BCUT2D eigenvalue weighted by Crippen LogP contribution is -2.53. The highest BCUT2D eigenvalue weighted by Crippen LogP contribution is 2.20. The number of hydrogen-bond acceptors (Lipinski definition) is 3. The second-order valence-corrected chi connectivity index (χ2v) is 6.74. The Morgan fingerprint density at radius 1 is 1.33 bits per heavy atom. The number of carboxylic acids is 1. The van der Waals surface area contributed by atoms with Crippen LogP contribution in [0.25, 0.3) is 0 Å². The molecule has 7 heteroatoms. The average molecular weight is 312 g/mol. The van der Waals surface area contributed by atoms with Gasteiger partial charge < -0.3 is 15.7 Å². The monoisotopic (exact) mass is 312 g/mol. The minimum absolute atomic E-state index is 0.205.